The van der Waals surface area contributed by atoms with Gasteiger partial charge in [0.05, 0.1) is 0 Å². The number of aromatic carboxylic acids is 1. The van der Waals surface area contributed by atoms with Crippen LogP contribution in [0.5, 0.6) is 11.5 Å². The monoisotopic (exact) mass is 234 g/mol. The fraction of sp³-hybridized carbons (Fsp3) is 0.308. The first-order valence-electron chi connectivity index (χ1n) is 5.28. The third-order valence-electron chi connectivity index (χ3n) is 2.42. The van der Waals surface area contributed by atoms with Gasteiger partial charge in [0.25, 0.3) is 0 Å². The molecular formula is C13H14O4. The maximum Gasteiger partial charge on any atom is 0.339 e. The number of benzene rings is 1. The van der Waals surface area contributed by atoms with Gasteiger partial charge in [0.2, 0.25) is 0 Å². The molecule has 0 saturated heterocycles. The summed E-state index contributed by atoms with van der Waals surface area (Å²) in [5.74, 6) is 0.747. The highest BCUT2D eigenvalue weighted by molar-refractivity contribution is 5.92. The first-order chi connectivity index (χ1) is 8.06. The van der Waals surface area contributed by atoms with Gasteiger partial charge in [0, 0.05) is 12.5 Å². The minimum atomic E-state index is -1.20. The number of aromatic hydroxyl groups is 2. The second-order valence-electron chi connectivity index (χ2n) is 3.72. The lowest BCUT2D eigenvalue weighted by molar-refractivity contribution is 0.0692. The maximum atomic E-state index is 11.0. The van der Waals surface area contributed by atoms with Gasteiger partial charge < -0.3 is 15.3 Å². The number of phenols is 2. The fourth-order valence-electron chi connectivity index (χ4n) is 1.66. The quantitative estimate of drug-likeness (QED) is 0.538. The number of hydrogen-bond acceptors (Lipinski definition) is 3. The van der Waals surface area contributed by atoms with Gasteiger partial charge in [0.1, 0.15) is 17.1 Å². The van der Waals surface area contributed by atoms with Crippen molar-refractivity contribution in [3.63, 3.8) is 0 Å². The minimum Gasteiger partial charge on any atom is -0.508 e. The van der Waals surface area contributed by atoms with Gasteiger partial charge in [-0.2, -0.15) is 0 Å². The number of carboxylic acids is 1. The van der Waals surface area contributed by atoms with Gasteiger partial charge >= 0.3 is 5.97 Å². The molecule has 3 N–H and O–H groups in total. The van der Waals surface area contributed by atoms with Crippen molar-refractivity contribution in [1.29, 1.82) is 0 Å². The van der Waals surface area contributed by atoms with Crippen LogP contribution in [-0.4, -0.2) is 21.3 Å². The molecule has 0 unspecified atom stereocenters. The lowest BCUT2D eigenvalue weighted by atomic mass is 10.00. The Morgan fingerprint density at radius 3 is 2.59 bits per heavy atom. The molecule has 4 nitrogen and oxygen atoms in total. The van der Waals surface area contributed by atoms with Gasteiger partial charge in [-0.1, -0.05) is 0 Å². The Morgan fingerprint density at radius 1 is 1.29 bits per heavy atom. The number of unbranched alkanes of at least 4 members (excludes halogenated alkanes) is 2. The SMILES string of the molecule is C#CCCCCc1cc(O)cc(O)c1C(=O)O. The standard InChI is InChI=1S/C13H14O4/c1-2-3-4-5-6-9-7-10(14)8-11(15)12(9)13(16)17/h1,7-8,14-15H,3-6H2,(H,16,17). The molecule has 0 aliphatic heterocycles. The zero-order valence-corrected chi connectivity index (χ0v) is 9.31. The van der Waals surface area contributed by atoms with Crippen molar-refractivity contribution in [2.75, 3.05) is 0 Å². The lowest BCUT2D eigenvalue weighted by Crippen LogP contribution is -2.03. The number of hydrogen-bond donors (Lipinski definition) is 3. The van der Waals surface area contributed by atoms with Crippen LogP contribution in [0.4, 0.5) is 0 Å². The summed E-state index contributed by atoms with van der Waals surface area (Å²) in [6.45, 7) is 0. The van der Waals surface area contributed by atoms with Crippen molar-refractivity contribution in [3.8, 4) is 23.8 Å². The van der Waals surface area contributed by atoms with E-state index in [1.807, 2.05) is 0 Å². The molecular weight excluding hydrogens is 220 g/mol. The van der Waals surface area contributed by atoms with E-state index < -0.39 is 11.7 Å². The van der Waals surface area contributed by atoms with Crippen LogP contribution in [0.3, 0.4) is 0 Å². The Morgan fingerprint density at radius 2 is 2.00 bits per heavy atom. The van der Waals surface area contributed by atoms with Crippen molar-refractivity contribution in [3.05, 3.63) is 23.3 Å². The van der Waals surface area contributed by atoms with Crippen LogP contribution >= 0.6 is 0 Å². The van der Waals surface area contributed by atoms with Crippen LogP contribution in [-0.2, 0) is 6.42 Å². The Kier molecular flexibility index (Phi) is 4.41. The Labute approximate surface area is 99.5 Å². The third-order valence-corrected chi connectivity index (χ3v) is 2.42. The third kappa shape index (κ3) is 3.42. The molecule has 17 heavy (non-hydrogen) atoms. The van der Waals surface area contributed by atoms with E-state index in [9.17, 15) is 15.0 Å². The van der Waals surface area contributed by atoms with Gasteiger partial charge in [-0.05, 0) is 30.9 Å². The number of carboxylic acid groups (broad SMARTS) is 1. The second-order valence-corrected chi connectivity index (χ2v) is 3.72. The molecule has 1 rings (SSSR count). The van der Waals surface area contributed by atoms with E-state index >= 15 is 0 Å². The fourth-order valence-corrected chi connectivity index (χ4v) is 1.66. The zero-order valence-electron chi connectivity index (χ0n) is 9.31. The summed E-state index contributed by atoms with van der Waals surface area (Å²) in [6.07, 6.45) is 7.71. The van der Waals surface area contributed by atoms with E-state index in [0.29, 0.717) is 24.8 Å². The normalized spacial score (nSPS) is 9.82. The molecule has 1 aromatic carbocycles. The number of rotatable bonds is 5. The van der Waals surface area contributed by atoms with Crippen molar-refractivity contribution >= 4 is 5.97 Å². The summed E-state index contributed by atoms with van der Waals surface area (Å²) in [5.41, 5.74) is 0.274. The van der Waals surface area contributed by atoms with Crippen molar-refractivity contribution in [2.45, 2.75) is 25.7 Å². The molecule has 1 aromatic rings. The van der Waals surface area contributed by atoms with Crippen LogP contribution < -0.4 is 0 Å². The highest BCUT2D eigenvalue weighted by atomic mass is 16.4. The molecule has 0 spiro atoms. The van der Waals surface area contributed by atoms with Gasteiger partial charge in [-0.25, -0.2) is 4.79 Å². The molecule has 4 heteroatoms. The number of phenolic OH excluding ortho intramolecular Hbond substituents is 1. The molecule has 0 aromatic heterocycles. The summed E-state index contributed by atoms with van der Waals surface area (Å²) in [7, 11) is 0. The smallest absolute Gasteiger partial charge is 0.339 e. The lowest BCUT2D eigenvalue weighted by Gasteiger charge is -2.08. The minimum absolute atomic E-state index is 0.139. The summed E-state index contributed by atoms with van der Waals surface area (Å²) >= 11 is 0. The Bertz CT molecular complexity index is 457. The molecule has 0 saturated carbocycles. The largest absolute Gasteiger partial charge is 0.508 e. The highest BCUT2D eigenvalue weighted by Crippen LogP contribution is 2.28. The van der Waals surface area contributed by atoms with E-state index in [1.165, 1.54) is 6.07 Å². The summed E-state index contributed by atoms with van der Waals surface area (Å²) < 4.78 is 0. The highest BCUT2D eigenvalue weighted by Gasteiger charge is 2.16. The summed E-state index contributed by atoms with van der Waals surface area (Å²) in [4.78, 5) is 11.0. The van der Waals surface area contributed by atoms with Crippen LogP contribution in [0.25, 0.3) is 0 Å². The van der Waals surface area contributed by atoms with Gasteiger partial charge in [-0.3, -0.25) is 0 Å². The van der Waals surface area contributed by atoms with E-state index in [-0.39, 0.29) is 11.3 Å². The van der Waals surface area contributed by atoms with Gasteiger partial charge in [-0.15, -0.1) is 12.3 Å². The van der Waals surface area contributed by atoms with E-state index in [2.05, 4.69) is 5.92 Å². The maximum absolute atomic E-state index is 11.0. The molecule has 0 fully saturated rings. The number of carbonyl (C=O) groups is 1. The summed E-state index contributed by atoms with van der Waals surface area (Å²) in [5, 5.41) is 27.8. The predicted octanol–water partition coefficient (Wildman–Crippen LogP) is 2.14. The van der Waals surface area contributed by atoms with Crippen LogP contribution in [0.2, 0.25) is 0 Å². The molecule has 0 heterocycles. The average molecular weight is 234 g/mol. The molecule has 0 amide bonds. The first-order valence-corrected chi connectivity index (χ1v) is 5.28. The molecule has 0 aliphatic rings. The molecule has 0 atom stereocenters. The first kappa shape index (κ1) is 12.9. The molecule has 0 aliphatic carbocycles. The summed E-state index contributed by atoms with van der Waals surface area (Å²) in [6, 6.07) is 2.38. The van der Waals surface area contributed by atoms with Crippen molar-refractivity contribution in [2.24, 2.45) is 0 Å². The van der Waals surface area contributed by atoms with E-state index in [0.717, 1.165) is 12.5 Å². The molecule has 90 valence electrons. The van der Waals surface area contributed by atoms with Crippen LogP contribution in [0.1, 0.15) is 35.2 Å². The zero-order chi connectivity index (χ0) is 12.8. The van der Waals surface area contributed by atoms with Crippen LogP contribution in [0.15, 0.2) is 12.1 Å². The van der Waals surface area contributed by atoms with Crippen molar-refractivity contribution < 1.29 is 20.1 Å². The topological polar surface area (TPSA) is 77.8 Å². The Balaban J connectivity index is 2.89. The van der Waals surface area contributed by atoms with Gasteiger partial charge in [0.15, 0.2) is 0 Å². The molecule has 0 bridgehead atoms. The van der Waals surface area contributed by atoms with Crippen LogP contribution in [0, 0.1) is 12.3 Å². The second kappa shape index (κ2) is 5.80. The Hall–Kier alpha value is -2.15. The van der Waals surface area contributed by atoms with E-state index in [1.54, 1.807) is 0 Å². The number of aryl methyl sites for hydroxylation is 1. The number of terminal acetylenes is 1. The molecule has 0 radical (unpaired) electrons. The van der Waals surface area contributed by atoms with E-state index in [4.69, 9.17) is 11.5 Å². The predicted molar refractivity (Wildman–Crippen MR) is 63.1 cm³/mol. The van der Waals surface area contributed by atoms with Crippen molar-refractivity contribution in [1.82, 2.24) is 0 Å². The average Bonchev–Trinajstić information content (AvgIpc) is 2.22.